The average molecular weight is 506 g/mol. The lowest BCUT2D eigenvalue weighted by atomic mass is 9.90. The molecule has 0 spiro atoms. The number of nitrogens with one attached hydrogen (secondary N) is 2. The van der Waals surface area contributed by atoms with Crippen LogP contribution in [0.1, 0.15) is 22.8 Å². The number of amides is 2. The van der Waals surface area contributed by atoms with E-state index in [9.17, 15) is 9.59 Å². The number of hydrogen-bond donors (Lipinski definition) is 2. The largest absolute Gasteiger partial charge is 0.455 e. The summed E-state index contributed by atoms with van der Waals surface area (Å²) in [5.41, 5.74) is 4.75. The minimum atomic E-state index is -0.532. The fraction of sp³-hybridized carbons (Fsp3) is 0.0741. The quantitative estimate of drug-likeness (QED) is 0.239. The SMILES string of the molecule is O=C(CNC(=O)C(c1ccccc1)c1ccccc1)N/N=C\c1ccc(-c2ccc(Cl)cc2Cl)o1. The zero-order valence-corrected chi connectivity index (χ0v) is 20.0. The van der Waals surface area contributed by atoms with Crippen LogP contribution in [0.4, 0.5) is 0 Å². The molecule has 0 fully saturated rings. The molecule has 6 nitrogen and oxygen atoms in total. The second kappa shape index (κ2) is 11.5. The van der Waals surface area contributed by atoms with Gasteiger partial charge in [-0.2, -0.15) is 5.10 Å². The van der Waals surface area contributed by atoms with Gasteiger partial charge in [0.1, 0.15) is 11.5 Å². The van der Waals surface area contributed by atoms with Crippen LogP contribution < -0.4 is 10.7 Å². The summed E-state index contributed by atoms with van der Waals surface area (Å²) < 4.78 is 5.70. The summed E-state index contributed by atoms with van der Waals surface area (Å²) in [5.74, 6) is -0.322. The molecule has 0 radical (unpaired) electrons. The second-order valence-electron chi connectivity index (χ2n) is 7.59. The molecule has 0 aliphatic rings. The lowest BCUT2D eigenvalue weighted by Gasteiger charge is -2.17. The first-order valence-electron chi connectivity index (χ1n) is 10.8. The van der Waals surface area contributed by atoms with Crippen molar-refractivity contribution in [1.82, 2.24) is 10.7 Å². The Labute approximate surface area is 212 Å². The molecular weight excluding hydrogens is 485 g/mol. The monoisotopic (exact) mass is 505 g/mol. The van der Waals surface area contributed by atoms with E-state index in [1.807, 2.05) is 60.7 Å². The van der Waals surface area contributed by atoms with Gasteiger partial charge in [-0.05, 0) is 41.5 Å². The molecule has 0 saturated carbocycles. The van der Waals surface area contributed by atoms with Gasteiger partial charge >= 0.3 is 0 Å². The summed E-state index contributed by atoms with van der Waals surface area (Å²) in [6.45, 7) is -0.226. The molecule has 0 aliphatic carbocycles. The van der Waals surface area contributed by atoms with Gasteiger partial charge in [-0.25, -0.2) is 5.43 Å². The van der Waals surface area contributed by atoms with E-state index in [-0.39, 0.29) is 12.5 Å². The number of halogens is 2. The van der Waals surface area contributed by atoms with Crippen LogP contribution in [0.15, 0.2) is 101 Å². The van der Waals surface area contributed by atoms with Crippen LogP contribution >= 0.6 is 23.2 Å². The molecule has 0 unspecified atom stereocenters. The van der Waals surface area contributed by atoms with E-state index in [0.29, 0.717) is 27.1 Å². The maximum absolute atomic E-state index is 13.0. The van der Waals surface area contributed by atoms with Gasteiger partial charge < -0.3 is 9.73 Å². The van der Waals surface area contributed by atoms with Gasteiger partial charge in [0.2, 0.25) is 5.91 Å². The first-order chi connectivity index (χ1) is 17.0. The minimum Gasteiger partial charge on any atom is -0.455 e. The van der Waals surface area contributed by atoms with Crippen molar-refractivity contribution in [3.05, 3.63) is 118 Å². The lowest BCUT2D eigenvalue weighted by molar-refractivity contribution is -0.126. The molecule has 4 rings (SSSR count). The van der Waals surface area contributed by atoms with Crippen molar-refractivity contribution in [2.75, 3.05) is 6.54 Å². The molecule has 35 heavy (non-hydrogen) atoms. The van der Waals surface area contributed by atoms with E-state index in [1.54, 1.807) is 30.3 Å². The van der Waals surface area contributed by atoms with Crippen molar-refractivity contribution in [3.63, 3.8) is 0 Å². The van der Waals surface area contributed by atoms with Crippen molar-refractivity contribution >= 4 is 41.2 Å². The van der Waals surface area contributed by atoms with E-state index in [4.69, 9.17) is 27.6 Å². The molecule has 0 atom stereocenters. The predicted octanol–water partition coefficient (Wildman–Crippen LogP) is 5.65. The van der Waals surface area contributed by atoms with Crippen molar-refractivity contribution in [2.24, 2.45) is 5.10 Å². The smallest absolute Gasteiger partial charge is 0.259 e. The van der Waals surface area contributed by atoms with Crippen molar-refractivity contribution in [1.29, 1.82) is 0 Å². The lowest BCUT2D eigenvalue weighted by Crippen LogP contribution is -2.37. The van der Waals surface area contributed by atoms with Crippen molar-refractivity contribution < 1.29 is 14.0 Å². The number of hydrazone groups is 1. The molecule has 4 aromatic rings. The molecule has 2 amide bonds. The first kappa shape index (κ1) is 24.3. The first-order valence-corrected chi connectivity index (χ1v) is 11.5. The molecule has 0 aliphatic heterocycles. The number of furan rings is 1. The van der Waals surface area contributed by atoms with E-state index in [0.717, 1.165) is 11.1 Å². The molecule has 1 heterocycles. The zero-order valence-electron chi connectivity index (χ0n) is 18.4. The topological polar surface area (TPSA) is 83.7 Å². The molecular formula is C27H21Cl2N3O3. The van der Waals surface area contributed by atoms with Gasteiger partial charge in [0.05, 0.1) is 23.7 Å². The average Bonchev–Trinajstić information content (AvgIpc) is 3.33. The number of benzene rings is 3. The molecule has 8 heteroatoms. The summed E-state index contributed by atoms with van der Waals surface area (Å²) in [4.78, 5) is 25.2. The summed E-state index contributed by atoms with van der Waals surface area (Å²) in [6.07, 6.45) is 1.36. The Balaban J connectivity index is 1.34. The highest BCUT2D eigenvalue weighted by Gasteiger charge is 2.22. The van der Waals surface area contributed by atoms with E-state index in [1.165, 1.54) is 6.21 Å². The Morgan fingerprint density at radius 3 is 2.17 bits per heavy atom. The Kier molecular flexibility index (Phi) is 7.98. The molecule has 0 saturated heterocycles. The third kappa shape index (κ3) is 6.38. The Morgan fingerprint density at radius 2 is 1.54 bits per heavy atom. The number of nitrogens with zero attached hydrogens (tertiary/aromatic N) is 1. The van der Waals surface area contributed by atoms with Gasteiger partial charge in [0.25, 0.3) is 5.91 Å². The van der Waals surface area contributed by atoms with Crippen molar-refractivity contribution in [2.45, 2.75) is 5.92 Å². The van der Waals surface area contributed by atoms with Gasteiger partial charge in [-0.1, -0.05) is 83.9 Å². The van der Waals surface area contributed by atoms with E-state index in [2.05, 4.69) is 15.8 Å². The molecule has 1 aromatic heterocycles. The van der Waals surface area contributed by atoms with Crippen LogP contribution in [0.2, 0.25) is 10.0 Å². The predicted molar refractivity (Wildman–Crippen MR) is 138 cm³/mol. The Morgan fingerprint density at radius 1 is 0.886 bits per heavy atom. The summed E-state index contributed by atoms with van der Waals surface area (Å²) >= 11 is 12.1. The summed E-state index contributed by atoms with van der Waals surface area (Å²) in [7, 11) is 0. The molecule has 176 valence electrons. The number of carbonyl (C=O) groups excluding carboxylic acids is 2. The molecule has 2 N–H and O–H groups in total. The highest BCUT2D eigenvalue weighted by Crippen LogP contribution is 2.31. The summed E-state index contributed by atoms with van der Waals surface area (Å²) in [6, 6.07) is 27.4. The van der Waals surface area contributed by atoms with Crippen LogP contribution in [-0.4, -0.2) is 24.6 Å². The van der Waals surface area contributed by atoms with Gasteiger partial charge in [-0.3, -0.25) is 9.59 Å². The summed E-state index contributed by atoms with van der Waals surface area (Å²) in [5, 5.41) is 7.58. The van der Waals surface area contributed by atoms with Gasteiger partial charge in [0, 0.05) is 10.6 Å². The zero-order chi connectivity index (χ0) is 24.6. The number of rotatable bonds is 8. The van der Waals surface area contributed by atoms with E-state index < -0.39 is 11.8 Å². The van der Waals surface area contributed by atoms with Crippen LogP contribution in [0, 0.1) is 0 Å². The van der Waals surface area contributed by atoms with Gasteiger partial charge in [-0.15, -0.1) is 0 Å². The van der Waals surface area contributed by atoms with Crippen LogP contribution in [0.5, 0.6) is 0 Å². The van der Waals surface area contributed by atoms with Crippen molar-refractivity contribution in [3.8, 4) is 11.3 Å². The van der Waals surface area contributed by atoms with Crippen LogP contribution in [0.3, 0.4) is 0 Å². The van der Waals surface area contributed by atoms with Crippen LogP contribution in [-0.2, 0) is 9.59 Å². The van der Waals surface area contributed by atoms with Gasteiger partial charge in [0.15, 0.2) is 0 Å². The Hall–Kier alpha value is -3.87. The standard InChI is InChI=1S/C27H21Cl2N3O3/c28-20-11-13-22(23(29)15-20)24-14-12-21(35-24)16-31-32-25(33)17-30-27(34)26(18-7-3-1-4-8-18)19-9-5-2-6-10-19/h1-16,26H,17H2,(H,30,34)(H,32,33)/b31-16-. The minimum absolute atomic E-state index is 0.226. The maximum Gasteiger partial charge on any atom is 0.259 e. The van der Waals surface area contributed by atoms with E-state index >= 15 is 0 Å². The highest BCUT2D eigenvalue weighted by molar-refractivity contribution is 6.36. The third-order valence-corrected chi connectivity index (χ3v) is 5.70. The number of carbonyl (C=O) groups is 2. The fourth-order valence-electron chi connectivity index (χ4n) is 3.52. The number of hydrogen-bond acceptors (Lipinski definition) is 4. The normalized spacial score (nSPS) is 11.1. The Bertz CT molecular complexity index is 1300. The molecule has 0 bridgehead atoms. The maximum atomic E-state index is 13.0. The highest BCUT2D eigenvalue weighted by atomic mass is 35.5. The second-order valence-corrected chi connectivity index (χ2v) is 8.44. The van der Waals surface area contributed by atoms with Crippen LogP contribution in [0.25, 0.3) is 11.3 Å². The third-order valence-electron chi connectivity index (χ3n) is 5.16. The fourth-order valence-corrected chi connectivity index (χ4v) is 4.02. The molecule has 3 aromatic carbocycles.